The minimum Gasteiger partial charge on any atom is -0.467 e. The van der Waals surface area contributed by atoms with Crippen molar-refractivity contribution in [3.05, 3.63) is 24.2 Å². The van der Waals surface area contributed by atoms with Crippen LogP contribution in [0.5, 0.6) is 0 Å². The summed E-state index contributed by atoms with van der Waals surface area (Å²) in [5.74, 6) is 1.04. The van der Waals surface area contributed by atoms with E-state index in [1.807, 2.05) is 26.0 Å². The molecular weight excluding hydrogens is 278 g/mol. The maximum absolute atomic E-state index is 11.7. The molecule has 0 saturated carbocycles. The Bertz CT molecular complexity index is 540. The average Bonchev–Trinajstić information content (AvgIpc) is 3.08. The van der Waals surface area contributed by atoms with Gasteiger partial charge in [0.25, 0.3) is 0 Å². The number of nitrogens with zero attached hydrogens (tertiary/aromatic N) is 4. The second-order valence-electron chi connectivity index (χ2n) is 4.36. The fraction of sp³-hybridized carbons (Fsp3) is 0.500. The van der Waals surface area contributed by atoms with Crippen LogP contribution in [0.15, 0.2) is 28.0 Å². The van der Waals surface area contributed by atoms with Crippen LogP contribution in [0.3, 0.4) is 0 Å². The smallest absolute Gasteiger partial charge is 0.230 e. The normalized spacial score (nSPS) is 12.3. The molecule has 0 aliphatic heterocycles. The van der Waals surface area contributed by atoms with E-state index < -0.39 is 0 Å². The summed E-state index contributed by atoms with van der Waals surface area (Å²) in [6.45, 7) is 4.46. The number of amides is 1. The monoisotopic (exact) mass is 295 g/mol. The van der Waals surface area contributed by atoms with Gasteiger partial charge in [-0.25, -0.2) is 4.68 Å². The molecule has 0 aliphatic carbocycles. The molecule has 0 fully saturated rings. The SMILES string of the molecule is CCC(C)NC(=O)CSc1nnnn1Cc1ccco1. The summed E-state index contributed by atoms with van der Waals surface area (Å²) in [5, 5.41) is 14.9. The second-order valence-corrected chi connectivity index (χ2v) is 5.31. The summed E-state index contributed by atoms with van der Waals surface area (Å²) < 4.78 is 6.86. The summed E-state index contributed by atoms with van der Waals surface area (Å²) >= 11 is 1.31. The molecule has 2 aromatic heterocycles. The van der Waals surface area contributed by atoms with Gasteiger partial charge in [0, 0.05) is 6.04 Å². The van der Waals surface area contributed by atoms with E-state index in [1.165, 1.54) is 11.8 Å². The van der Waals surface area contributed by atoms with E-state index in [4.69, 9.17) is 4.42 Å². The van der Waals surface area contributed by atoms with Gasteiger partial charge in [-0.05, 0) is 35.9 Å². The topological polar surface area (TPSA) is 85.8 Å². The van der Waals surface area contributed by atoms with Crippen LogP contribution in [-0.2, 0) is 11.3 Å². The number of hydrogen-bond donors (Lipinski definition) is 1. The third-order valence-corrected chi connectivity index (χ3v) is 3.69. The lowest BCUT2D eigenvalue weighted by molar-refractivity contribution is -0.119. The predicted octanol–water partition coefficient (Wildman–Crippen LogP) is 1.32. The number of hydrogen-bond acceptors (Lipinski definition) is 6. The van der Waals surface area contributed by atoms with Gasteiger partial charge in [-0.3, -0.25) is 4.79 Å². The first-order valence-corrected chi connectivity index (χ1v) is 7.38. The number of aromatic nitrogens is 4. The van der Waals surface area contributed by atoms with Crippen molar-refractivity contribution in [2.75, 3.05) is 5.75 Å². The molecule has 0 saturated heterocycles. The molecule has 2 heterocycles. The Balaban J connectivity index is 1.87. The zero-order valence-corrected chi connectivity index (χ0v) is 12.3. The van der Waals surface area contributed by atoms with Crippen LogP contribution in [0, 0.1) is 0 Å². The van der Waals surface area contributed by atoms with Crippen LogP contribution < -0.4 is 5.32 Å². The van der Waals surface area contributed by atoms with Crippen molar-refractivity contribution >= 4 is 17.7 Å². The molecule has 8 heteroatoms. The number of carbonyl (C=O) groups is 1. The van der Waals surface area contributed by atoms with Gasteiger partial charge in [-0.15, -0.1) is 5.10 Å². The van der Waals surface area contributed by atoms with Gasteiger partial charge in [-0.2, -0.15) is 0 Å². The fourth-order valence-electron chi connectivity index (χ4n) is 1.50. The first-order chi connectivity index (χ1) is 9.69. The molecule has 108 valence electrons. The molecule has 1 amide bonds. The Morgan fingerprint density at radius 2 is 2.45 bits per heavy atom. The first kappa shape index (κ1) is 14.6. The Morgan fingerprint density at radius 1 is 1.60 bits per heavy atom. The highest BCUT2D eigenvalue weighted by Crippen LogP contribution is 2.15. The quantitative estimate of drug-likeness (QED) is 0.775. The van der Waals surface area contributed by atoms with Crippen molar-refractivity contribution in [3.63, 3.8) is 0 Å². The fourth-order valence-corrected chi connectivity index (χ4v) is 2.19. The molecule has 20 heavy (non-hydrogen) atoms. The molecule has 2 rings (SSSR count). The Morgan fingerprint density at radius 3 is 3.15 bits per heavy atom. The molecule has 0 aromatic carbocycles. The second kappa shape index (κ2) is 7.09. The largest absolute Gasteiger partial charge is 0.467 e. The summed E-state index contributed by atoms with van der Waals surface area (Å²) in [6.07, 6.45) is 2.51. The molecule has 0 bridgehead atoms. The van der Waals surface area contributed by atoms with Gasteiger partial charge in [0.1, 0.15) is 12.3 Å². The third-order valence-electron chi connectivity index (χ3n) is 2.74. The minimum atomic E-state index is -0.0168. The van der Waals surface area contributed by atoms with E-state index in [0.717, 1.165) is 12.2 Å². The molecule has 0 spiro atoms. The number of furan rings is 1. The molecule has 0 radical (unpaired) electrons. The highest BCUT2D eigenvalue weighted by Gasteiger charge is 2.12. The average molecular weight is 295 g/mol. The Labute approximate surface area is 121 Å². The summed E-state index contributed by atoms with van der Waals surface area (Å²) in [4.78, 5) is 11.7. The number of carbonyl (C=O) groups excluding carboxylic acids is 1. The minimum absolute atomic E-state index is 0.0168. The first-order valence-electron chi connectivity index (χ1n) is 6.39. The van der Waals surface area contributed by atoms with Gasteiger partial charge in [0.15, 0.2) is 0 Å². The van der Waals surface area contributed by atoms with Gasteiger partial charge in [0.05, 0.1) is 12.0 Å². The van der Waals surface area contributed by atoms with Gasteiger partial charge < -0.3 is 9.73 Å². The van der Waals surface area contributed by atoms with E-state index >= 15 is 0 Å². The molecule has 0 aliphatic rings. The summed E-state index contributed by atoms with van der Waals surface area (Å²) in [5.41, 5.74) is 0. The van der Waals surface area contributed by atoms with E-state index in [-0.39, 0.29) is 11.9 Å². The molecular formula is C12H17N5O2S. The van der Waals surface area contributed by atoms with Crippen LogP contribution in [-0.4, -0.2) is 37.9 Å². The van der Waals surface area contributed by atoms with Crippen LogP contribution in [0.2, 0.25) is 0 Å². The van der Waals surface area contributed by atoms with E-state index in [1.54, 1.807) is 10.9 Å². The zero-order valence-electron chi connectivity index (χ0n) is 11.4. The van der Waals surface area contributed by atoms with Crippen LogP contribution in [0.25, 0.3) is 0 Å². The summed E-state index contributed by atoms with van der Waals surface area (Å²) in [6, 6.07) is 3.85. The van der Waals surface area contributed by atoms with Crippen molar-refractivity contribution in [1.82, 2.24) is 25.5 Å². The Hall–Kier alpha value is -1.83. The number of nitrogens with one attached hydrogen (secondary N) is 1. The van der Waals surface area contributed by atoms with Crippen molar-refractivity contribution < 1.29 is 9.21 Å². The number of tetrazole rings is 1. The Kier molecular flexibility index (Phi) is 5.16. The van der Waals surface area contributed by atoms with Crippen molar-refractivity contribution in [3.8, 4) is 0 Å². The molecule has 1 atom stereocenters. The molecule has 7 nitrogen and oxygen atoms in total. The maximum atomic E-state index is 11.7. The number of thioether (sulfide) groups is 1. The zero-order chi connectivity index (χ0) is 14.4. The summed E-state index contributed by atoms with van der Waals surface area (Å²) in [7, 11) is 0. The van der Waals surface area contributed by atoms with E-state index in [0.29, 0.717) is 17.5 Å². The van der Waals surface area contributed by atoms with Crippen molar-refractivity contribution in [2.24, 2.45) is 0 Å². The highest BCUT2D eigenvalue weighted by molar-refractivity contribution is 7.99. The molecule has 1 N–H and O–H groups in total. The van der Waals surface area contributed by atoms with E-state index in [2.05, 4.69) is 20.8 Å². The molecule has 1 unspecified atom stereocenters. The number of rotatable bonds is 7. The van der Waals surface area contributed by atoms with Gasteiger partial charge in [0.2, 0.25) is 11.1 Å². The standard InChI is InChI=1S/C12H17N5O2S/c1-3-9(2)13-11(18)8-20-12-14-15-16-17(12)7-10-5-4-6-19-10/h4-6,9H,3,7-8H2,1-2H3,(H,13,18). The lowest BCUT2D eigenvalue weighted by atomic mass is 10.3. The highest BCUT2D eigenvalue weighted by atomic mass is 32.2. The van der Waals surface area contributed by atoms with Crippen molar-refractivity contribution in [1.29, 1.82) is 0 Å². The maximum Gasteiger partial charge on any atom is 0.230 e. The van der Waals surface area contributed by atoms with E-state index in [9.17, 15) is 4.79 Å². The van der Waals surface area contributed by atoms with Crippen molar-refractivity contribution in [2.45, 2.75) is 38.0 Å². The third kappa shape index (κ3) is 4.09. The lowest BCUT2D eigenvalue weighted by Crippen LogP contribution is -2.33. The predicted molar refractivity (Wildman–Crippen MR) is 74.2 cm³/mol. The van der Waals surface area contributed by atoms with Crippen LogP contribution in [0.4, 0.5) is 0 Å². The van der Waals surface area contributed by atoms with Crippen LogP contribution >= 0.6 is 11.8 Å². The van der Waals surface area contributed by atoms with Gasteiger partial charge in [-0.1, -0.05) is 18.7 Å². The lowest BCUT2D eigenvalue weighted by Gasteiger charge is -2.10. The molecule has 2 aromatic rings. The van der Waals surface area contributed by atoms with Crippen LogP contribution in [0.1, 0.15) is 26.0 Å². The van der Waals surface area contributed by atoms with Gasteiger partial charge >= 0.3 is 0 Å².